The van der Waals surface area contributed by atoms with Gasteiger partial charge in [-0.1, -0.05) is 12.5 Å². The molecule has 0 aromatic carbocycles. The van der Waals surface area contributed by atoms with Crippen molar-refractivity contribution in [1.29, 1.82) is 0 Å². The van der Waals surface area contributed by atoms with Crippen LogP contribution in [0.1, 0.15) is 64.2 Å². The molecule has 0 saturated heterocycles. The van der Waals surface area contributed by atoms with Crippen LogP contribution in [0.3, 0.4) is 0 Å². The maximum Gasteiger partial charge on any atom is 0.327 e. The molecule has 134 valence electrons. The summed E-state index contributed by atoms with van der Waals surface area (Å²) in [4.78, 5) is 22.6. The summed E-state index contributed by atoms with van der Waals surface area (Å²) in [5.41, 5.74) is 0.0838. The number of carboxylic acid groups (broad SMARTS) is 1. The predicted octanol–water partition coefficient (Wildman–Crippen LogP) is 3.46. The van der Waals surface area contributed by atoms with Gasteiger partial charge < -0.3 is 15.7 Å². The molecule has 5 nitrogen and oxygen atoms in total. The largest absolute Gasteiger partial charge is 0.478 e. The van der Waals surface area contributed by atoms with Crippen LogP contribution in [-0.4, -0.2) is 29.2 Å². The number of allylic oxidation sites excluding steroid dienone is 1. The van der Waals surface area contributed by atoms with E-state index >= 15 is 0 Å². The number of carbonyl (C=O) groups excluding carboxylic acids is 1. The number of hydrogen-bond donors (Lipinski definition) is 3. The summed E-state index contributed by atoms with van der Waals surface area (Å²) < 4.78 is 0. The van der Waals surface area contributed by atoms with Gasteiger partial charge in [0.15, 0.2) is 0 Å². The Kier molecular flexibility index (Phi) is 5.47. The van der Waals surface area contributed by atoms with E-state index in [1.54, 1.807) is 6.08 Å². The fourth-order valence-corrected chi connectivity index (χ4v) is 5.50. The third-order valence-electron chi connectivity index (χ3n) is 6.01. The number of carbonyl (C=O) groups is 2. The standard InChI is InChI=1S/C19H30N2O3/c22-17(23)6-4-2-1-3-5-7-20-18(24)21-19-11-14-8-15(12-19)10-16(9-14)13-19/h4,6,14-16H,1-3,5,7-13H2,(H,22,23)(H2,20,21,24). The summed E-state index contributed by atoms with van der Waals surface area (Å²) in [5.74, 6) is 1.64. The first-order chi connectivity index (χ1) is 11.5. The van der Waals surface area contributed by atoms with E-state index in [1.165, 1.54) is 44.6 Å². The number of nitrogens with one attached hydrogen (secondary N) is 2. The molecule has 0 unspecified atom stereocenters. The normalized spacial score (nSPS) is 33.8. The summed E-state index contributed by atoms with van der Waals surface area (Å²) >= 11 is 0. The van der Waals surface area contributed by atoms with Crippen molar-refractivity contribution in [2.45, 2.75) is 69.7 Å². The van der Waals surface area contributed by atoms with Gasteiger partial charge >= 0.3 is 12.0 Å². The maximum atomic E-state index is 12.2. The second-order valence-electron chi connectivity index (χ2n) is 8.17. The van der Waals surface area contributed by atoms with Crippen LogP contribution in [0.5, 0.6) is 0 Å². The number of rotatable bonds is 8. The number of carboxylic acids is 1. The fourth-order valence-electron chi connectivity index (χ4n) is 5.50. The van der Waals surface area contributed by atoms with Crippen LogP contribution in [0, 0.1) is 17.8 Å². The van der Waals surface area contributed by atoms with Crippen LogP contribution < -0.4 is 10.6 Å². The van der Waals surface area contributed by atoms with Crippen molar-refractivity contribution >= 4 is 12.0 Å². The van der Waals surface area contributed by atoms with Crippen molar-refractivity contribution < 1.29 is 14.7 Å². The summed E-state index contributed by atoms with van der Waals surface area (Å²) in [7, 11) is 0. The zero-order chi connectivity index (χ0) is 17.0. The van der Waals surface area contributed by atoms with E-state index in [1.807, 2.05) is 0 Å². The van der Waals surface area contributed by atoms with E-state index in [4.69, 9.17) is 5.11 Å². The van der Waals surface area contributed by atoms with Crippen LogP contribution in [0.4, 0.5) is 4.79 Å². The molecular formula is C19H30N2O3. The van der Waals surface area contributed by atoms with E-state index in [-0.39, 0.29) is 11.6 Å². The van der Waals surface area contributed by atoms with Gasteiger partial charge in [0, 0.05) is 18.2 Å². The lowest BCUT2D eigenvalue weighted by atomic mass is 9.53. The molecule has 4 bridgehead atoms. The molecule has 0 aliphatic heterocycles. The van der Waals surface area contributed by atoms with E-state index in [0.29, 0.717) is 6.54 Å². The highest BCUT2D eigenvalue weighted by Gasteiger charge is 2.51. The lowest BCUT2D eigenvalue weighted by Crippen LogP contribution is -2.61. The summed E-state index contributed by atoms with van der Waals surface area (Å²) in [5, 5.41) is 14.8. The molecule has 4 aliphatic rings. The summed E-state index contributed by atoms with van der Waals surface area (Å²) in [6.45, 7) is 0.695. The Hall–Kier alpha value is -1.52. The van der Waals surface area contributed by atoms with Gasteiger partial charge in [-0.15, -0.1) is 0 Å². The Bertz CT molecular complexity index is 466. The highest BCUT2D eigenvalue weighted by Crippen LogP contribution is 2.55. The van der Waals surface area contributed by atoms with E-state index < -0.39 is 5.97 Å². The zero-order valence-electron chi connectivity index (χ0n) is 14.4. The van der Waals surface area contributed by atoms with Crippen LogP contribution >= 0.6 is 0 Å². The molecule has 0 heterocycles. The monoisotopic (exact) mass is 334 g/mol. The number of amides is 2. The molecule has 4 saturated carbocycles. The first kappa shape index (κ1) is 17.3. The molecule has 4 rings (SSSR count). The molecule has 0 radical (unpaired) electrons. The second kappa shape index (κ2) is 7.58. The molecule has 0 atom stereocenters. The van der Waals surface area contributed by atoms with Gasteiger partial charge in [0.25, 0.3) is 0 Å². The van der Waals surface area contributed by atoms with Gasteiger partial charge in [-0.3, -0.25) is 0 Å². The van der Waals surface area contributed by atoms with Crippen molar-refractivity contribution in [3.8, 4) is 0 Å². The lowest BCUT2D eigenvalue weighted by Gasteiger charge is -2.56. The topological polar surface area (TPSA) is 78.4 Å². The first-order valence-corrected chi connectivity index (χ1v) is 9.50. The number of hydrogen-bond acceptors (Lipinski definition) is 2. The van der Waals surface area contributed by atoms with Gasteiger partial charge in [0.2, 0.25) is 0 Å². The molecule has 2 amide bonds. The molecule has 4 fully saturated rings. The van der Waals surface area contributed by atoms with Gasteiger partial charge in [0.05, 0.1) is 0 Å². The number of unbranched alkanes of at least 4 members (excludes halogenated alkanes) is 3. The molecule has 0 aromatic rings. The summed E-state index contributed by atoms with van der Waals surface area (Å²) in [6, 6.07) is 0.00252. The van der Waals surface area contributed by atoms with Crippen LogP contribution in [-0.2, 0) is 4.79 Å². The first-order valence-electron chi connectivity index (χ1n) is 9.50. The molecule has 5 heteroatoms. The average Bonchev–Trinajstić information content (AvgIpc) is 2.47. The predicted molar refractivity (Wildman–Crippen MR) is 92.7 cm³/mol. The van der Waals surface area contributed by atoms with Crippen molar-refractivity contribution in [2.75, 3.05) is 6.54 Å². The molecule has 3 N–H and O–H groups in total. The fraction of sp³-hybridized carbons (Fsp3) is 0.789. The molecule has 4 aliphatic carbocycles. The van der Waals surface area contributed by atoms with Crippen molar-refractivity contribution in [3.05, 3.63) is 12.2 Å². The highest BCUT2D eigenvalue weighted by molar-refractivity contribution is 5.79. The van der Waals surface area contributed by atoms with Crippen molar-refractivity contribution in [2.24, 2.45) is 17.8 Å². The number of aliphatic carboxylic acids is 1. The third-order valence-corrected chi connectivity index (χ3v) is 6.01. The van der Waals surface area contributed by atoms with Gasteiger partial charge in [-0.25, -0.2) is 9.59 Å². The summed E-state index contributed by atoms with van der Waals surface area (Å²) in [6.07, 6.45) is 14.3. The van der Waals surface area contributed by atoms with Gasteiger partial charge in [-0.2, -0.15) is 0 Å². The Labute approximate surface area is 144 Å². The second-order valence-corrected chi connectivity index (χ2v) is 8.17. The Morgan fingerprint density at radius 3 is 2.21 bits per heavy atom. The Balaban J connectivity index is 1.30. The maximum absolute atomic E-state index is 12.2. The van der Waals surface area contributed by atoms with Crippen molar-refractivity contribution in [1.82, 2.24) is 10.6 Å². The van der Waals surface area contributed by atoms with Gasteiger partial charge in [0.1, 0.15) is 0 Å². The quantitative estimate of drug-likeness (QED) is 0.470. The Morgan fingerprint density at radius 1 is 1.00 bits per heavy atom. The van der Waals surface area contributed by atoms with E-state index in [0.717, 1.165) is 43.4 Å². The highest BCUT2D eigenvalue weighted by atomic mass is 16.4. The minimum Gasteiger partial charge on any atom is -0.478 e. The molecule has 24 heavy (non-hydrogen) atoms. The number of urea groups is 1. The minimum atomic E-state index is -0.891. The Morgan fingerprint density at radius 2 is 1.62 bits per heavy atom. The van der Waals surface area contributed by atoms with Crippen LogP contribution in [0.25, 0.3) is 0 Å². The van der Waals surface area contributed by atoms with Crippen LogP contribution in [0.15, 0.2) is 12.2 Å². The van der Waals surface area contributed by atoms with Crippen molar-refractivity contribution in [3.63, 3.8) is 0 Å². The minimum absolute atomic E-state index is 0.00252. The third kappa shape index (κ3) is 4.52. The average molecular weight is 334 g/mol. The molecular weight excluding hydrogens is 304 g/mol. The van der Waals surface area contributed by atoms with E-state index in [9.17, 15) is 9.59 Å². The molecule has 0 spiro atoms. The van der Waals surface area contributed by atoms with E-state index in [2.05, 4.69) is 10.6 Å². The lowest BCUT2D eigenvalue weighted by molar-refractivity contribution is -0.131. The van der Waals surface area contributed by atoms with Gasteiger partial charge in [-0.05, 0) is 75.5 Å². The SMILES string of the molecule is O=C(O)C=CCCCCCNC(=O)NC12CC3CC(CC(C3)C1)C2. The molecule has 0 aromatic heterocycles. The zero-order valence-corrected chi connectivity index (χ0v) is 14.4. The smallest absolute Gasteiger partial charge is 0.327 e. The van der Waals surface area contributed by atoms with Crippen LogP contribution in [0.2, 0.25) is 0 Å².